The molecule has 6 rings (SSSR count). The van der Waals surface area contributed by atoms with E-state index >= 15 is 0 Å². The van der Waals surface area contributed by atoms with Crippen LogP contribution in [0.5, 0.6) is 11.5 Å². The first-order chi connectivity index (χ1) is 12.8. The second-order valence-corrected chi connectivity index (χ2v) is 6.86. The Morgan fingerprint density at radius 2 is 1.62 bits per heavy atom. The monoisotopic (exact) mass is 331 g/mol. The Morgan fingerprint density at radius 3 is 2.54 bits per heavy atom. The van der Waals surface area contributed by atoms with Crippen LogP contribution >= 0.6 is 0 Å². The summed E-state index contributed by atoms with van der Waals surface area (Å²) in [6.07, 6.45) is 0.954. The highest BCUT2D eigenvalue weighted by Gasteiger charge is 2.26. The van der Waals surface area contributed by atoms with Gasteiger partial charge in [0, 0.05) is 10.9 Å². The van der Waals surface area contributed by atoms with Gasteiger partial charge < -0.3 is 4.74 Å². The van der Waals surface area contributed by atoms with Crippen molar-refractivity contribution < 1.29 is 4.74 Å². The molecule has 0 fully saturated rings. The van der Waals surface area contributed by atoms with Crippen molar-refractivity contribution in [3.8, 4) is 33.8 Å². The highest BCUT2D eigenvalue weighted by Crippen LogP contribution is 2.51. The van der Waals surface area contributed by atoms with Gasteiger partial charge in [0.25, 0.3) is 0 Å². The van der Waals surface area contributed by atoms with Gasteiger partial charge in [0.1, 0.15) is 11.5 Å². The Kier molecular flexibility index (Phi) is 2.50. The van der Waals surface area contributed by atoms with Crippen LogP contribution in [0, 0.1) is 6.57 Å². The summed E-state index contributed by atoms with van der Waals surface area (Å²) in [7, 11) is 0. The molecule has 0 saturated heterocycles. The number of benzene rings is 4. The molecule has 2 nitrogen and oxygen atoms in total. The quantitative estimate of drug-likeness (QED) is 0.281. The predicted molar refractivity (Wildman–Crippen MR) is 104 cm³/mol. The van der Waals surface area contributed by atoms with Crippen molar-refractivity contribution in [2.45, 2.75) is 6.42 Å². The summed E-state index contributed by atoms with van der Waals surface area (Å²) in [5.74, 6) is 1.75. The normalized spacial score (nSPS) is 12.7. The standard InChI is InChI=1S/C24H13NO/c1-25-21-9-10-22-24-17(7-4-8-18(21)24)20-13-19-15(12-23(20)26-22)11-14-5-2-3-6-16(14)19/h2-10,12-13H,11H2. The number of fused-ring (bicyclic) bond motifs is 5. The fourth-order valence-electron chi connectivity index (χ4n) is 4.34. The topological polar surface area (TPSA) is 13.6 Å². The van der Waals surface area contributed by atoms with Crippen molar-refractivity contribution >= 4 is 16.5 Å². The second-order valence-electron chi connectivity index (χ2n) is 6.86. The van der Waals surface area contributed by atoms with Crippen LogP contribution in [0.1, 0.15) is 11.1 Å². The molecular formula is C24H13NO. The Bertz CT molecular complexity index is 1290. The third-order valence-electron chi connectivity index (χ3n) is 5.50. The maximum absolute atomic E-state index is 7.45. The molecule has 0 unspecified atom stereocenters. The average Bonchev–Trinajstić information content (AvgIpc) is 3.04. The highest BCUT2D eigenvalue weighted by atomic mass is 16.5. The first-order valence-electron chi connectivity index (χ1n) is 8.70. The lowest BCUT2D eigenvalue weighted by atomic mass is 9.91. The van der Waals surface area contributed by atoms with Crippen LogP contribution in [-0.4, -0.2) is 0 Å². The Labute approximate surface area is 151 Å². The van der Waals surface area contributed by atoms with Gasteiger partial charge in [-0.15, -0.1) is 0 Å². The Hall–Kier alpha value is -3.57. The molecule has 2 aliphatic rings. The van der Waals surface area contributed by atoms with E-state index in [4.69, 9.17) is 11.3 Å². The third-order valence-corrected chi connectivity index (χ3v) is 5.50. The molecule has 1 heterocycles. The first kappa shape index (κ1) is 13.7. The molecule has 0 spiro atoms. The summed E-state index contributed by atoms with van der Waals surface area (Å²) >= 11 is 0. The molecule has 26 heavy (non-hydrogen) atoms. The molecule has 0 aromatic heterocycles. The predicted octanol–water partition coefficient (Wildman–Crippen LogP) is 6.73. The van der Waals surface area contributed by atoms with Gasteiger partial charge in [0.2, 0.25) is 0 Å². The number of ether oxygens (including phenoxy) is 1. The fourth-order valence-corrected chi connectivity index (χ4v) is 4.34. The van der Waals surface area contributed by atoms with Gasteiger partial charge in [0.15, 0.2) is 5.69 Å². The maximum Gasteiger partial charge on any atom is 0.195 e. The van der Waals surface area contributed by atoms with Crippen LogP contribution in [0.2, 0.25) is 0 Å². The van der Waals surface area contributed by atoms with Crippen LogP contribution in [0.15, 0.2) is 66.7 Å². The van der Waals surface area contributed by atoms with E-state index in [1.54, 1.807) is 0 Å². The van der Waals surface area contributed by atoms with Crippen molar-refractivity contribution in [2.24, 2.45) is 0 Å². The van der Waals surface area contributed by atoms with Crippen LogP contribution in [0.4, 0.5) is 5.69 Å². The molecule has 2 heteroatoms. The molecule has 120 valence electrons. The molecule has 1 aliphatic carbocycles. The van der Waals surface area contributed by atoms with E-state index < -0.39 is 0 Å². The van der Waals surface area contributed by atoms with E-state index in [2.05, 4.69) is 47.3 Å². The van der Waals surface area contributed by atoms with Crippen molar-refractivity contribution in [1.82, 2.24) is 0 Å². The zero-order valence-corrected chi connectivity index (χ0v) is 13.9. The molecule has 0 saturated carbocycles. The van der Waals surface area contributed by atoms with Gasteiger partial charge in [-0.1, -0.05) is 48.5 Å². The molecule has 4 aromatic rings. The number of hydrogen-bond acceptors (Lipinski definition) is 1. The van der Waals surface area contributed by atoms with E-state index in [0.29, 0.717) is 5.69 Å². The minimum absolute atomic E-state index is 0.671. The van der Waals surface area contributed by atoms with Gasteiger partial charge >= 0.3 is 0 Å². The summed E-state index contributed by atoms with van der Waals surface area (Å²) < 4.78 is 6.27. The van der Waals surface area contributed by atoms with E-state index in [9.17, 15) is 0 Å². The molecular weight excluding hydrogens is 318 g/mol. The van der Waals surface area contributed by atoms with Crippen LogP contribution in [0.3, 0.4) is 0 Å². The van der Waals surface area contributed by atoms with Crippen LogP contribution in [0.25, 0.3) is 37.9 Å². The van der Waals surface area contributed by atoms with Gasteiger partial charge in [-0.25, -0.2) is 4.85 Å². The van der Waals surface area contributed by atoms with Gasteiger partial charge in [-0.05, 0) is 57.8 Å². The van der Waals surface area contributed by atoms with E-state index in [1.165, 1.54) is 22.3 Å². The fraction of sp³-hybridized carbons (Fsp3) is 0.0417. The Balaban J connectivity index is 1.68. The highest BCUT2D eigenvalue weighted by molar-refractivity contribution is 6.09. The molecule has 4 aromatic carbocycles. The second kappa shape index (κ2) is 4.74. The maximum atomic E-state index is 7.45. The lowest BCUT2D eigenvalue weighted by Crippen LogP contribution is -1.98. The Morgan fingerprint density at radius 1 is 0.731 bits per heavy atom. The largest absolute Gasteiger partial charge is 0.456 e. The van der Waals surface area contributed by atoms with Crippen molar-refractivity contribution in [1.29, 1.82) is 0 Å². The molecule has 0 bridgehead atoms. The van der Waals surface area contributed by atoms with Gasteiger partial charge in [0.05, 0.1) is 6.57 Å². The zero-order chi connectivity index (χ0) is 17.3. The lowest BCUT2D eigenvalue weighted by molar-refractivity contribution is 0.486. The van der Waals surface area contributed by atoms with Gasteiger partial charge in [-0.3, -0.25) is 0 Å². The van der Waals surface area contributed by atoms with Gasteiger partial charge in [-0.2, -0.15) is 0 Å². The van der Waals surface area contributed by atoms with E-state index in [-0.39, 0.29) is 0 Å². The van der Waals surface area contributed by atoms with Crippen molar-refractivity contribution in [3.63, 3.8) is 0 Å². The van der Waals surface area contributed by atoms with Crippen LogP contribution in [-0.2, 0) is 6.42 Å². The molecule has 0 amide bonds. The van der Waals surface area contributed by atoms with Crippen molar-refractivity contribution in [3.05, 3.63) is 89.3 Å². The van der Waals surface area contributed by atoms with Crippen molar-refractivity contribution in [2.75, 3.05) is 0 Å². The molecule has 1 aliphatic heterocycles. The minimum Gasteiger partial charge on any atom is -0.456 e. The minimum atomic E-state index is 0.671. The zero-order valence-electron chi connectivity index (χ0n) is 13.9. The number of nitrogens with zero attached hydrogens (tertiary/aromatic N) is 1. The summed E-state index contributed by atoms with van der Waals surface area (Å²) in [5, 5.41) is 2.00. The molecule has 0 radical (unpaired) electrons. The molecule has 0 N–H and O–H groups in total. The number of rotatable bonds is 0. The average molecular weight is 331 g/mol. The van der Waals surface area contributed by atoms with E-state index in [0.717, 1.165) is 39.8 Å². The summed E-state index contributed by atoms with van der Waals surface area (Å²) in [4.78, 5) is 3.68. The first-order valence-corrected chi connectivity index (χ1v) is 8.70. The summed E-state index contributed by atoms with van der Waals surface area (Å²) in [6, 6.07) is 23.0. The molecule has 0 atom stereocenters. The van der Waals surface area contributed by atoms with Crippen LogP contribution < -0.4 is 4.74 Å². The van der Waals surface area contributed by atoms with E-state index in [1.807, 2.05) is 24.3 Å². The SMILES string of the molecule is [C-]#[N+]c1ccc2c3c(cccc13)-c1cc3c(cc1O2)Cc1ccccc1-3. The lowest BCUT2D eigenvalue weighted by Gasteiger charge is -2.23. The summed E-state index contributed by atoms with van der Waals surface area (Å²) in [6.45, 7) is 7.45. The number of hydrogen-bond donors (Lipinski definition) is 0. The smallest absolute Gasteiger partial charge is 0.195 e. The summed E-state index contributed by atoms with van der Waals surface area (Å²) in [5.41, 5.74) is 8.23. The third kappa shape index (κ3) is 1.65.